The van der Waals surface area contributed by atoms with Crippen LogP contribution in [0.1, 0.15) is 32.1 Å². The summed E-state index contributed by atoms with van der Waals surface area (Å²) < 4.78 is 5.44. The van der Waals surface area contributed by atoms with Gasteiger partial charge in [-0.1, -0.05) is 12.8 Å². The number of carbonyl (C=O) groups is 1. The highest BCUT2D eigenvalue weighted by Gasteiger charge is 2.51. The summed E-state index contributed by atoms with van der Waals surface area (Å²) >= 11 is 0. The zero-order chi connectivity index (χ0) is 8.60. The van der Waals surface area contributed by atoms with E-state index in [1.165, 1.54) is 0 Å². The summed E-state index contributed by atoms with van der Waals surface area (Å²) in [6, 6.07) is 0. The van der Waals surface area contributed by atoms with Crippen molar-refractivity contribution in [2.75, 3.05) is 6.61 Å². The van der Waals surface area contributed by atoms with Gasteiger partial charge in [-0.3, -0.25) is 4.79 Å². The van der Waals surface area contributed by atoms with Crippen LogP contribution in [0.2, 0.25) is 0 Å². The average molecular weight is 170 g/mol. The zero-order valence-electron chi connectivity index (χ0n) is 7.08. The van der Waals surface area contributed by atoms with E-state index in [9.17, 15) is 4.79 Å². The monoisotopic (exact) mass is 170 g/mol. The second kappa shape index (κ2) is 2.73. The maximum atomic E-state index is 11.1. The minimum absolute atomic E-state index is 0.00347. The zero-order valence-corrected chi connectivity index (χ0v) is 7.08. The molecular formula is C9H14O3. The average Bonchev–Trinajstić information content (AvgIpc) is 2.48. The van der Waals surface area contributed by atoms with Crippen LogP contribution in [0.5, 0.6) is 0 Å². The second-order valence-electron chi connectivity index (χ2n) is 3.82. The summed E-state index contributed by atoms with van der Waals surface area (Å²) in [7, 11) is 0. The molecule has 2 aliphatic rings. The predicted molar refractivity (Wildman–Crippen MR) is 42.9 cm³/mol. The Morgan fingerprint density at radius 1 is 1.42 bits per heavy atom. The molecule has 1 saturated carbocycles. The van der Waals surface area contributed by atoms with Crippen molar-refractivity contribution in [3.8, 4) is 0 Å². The summed E-state index contributed by atoms with van der Waals surface area (Å²) in [5, 5.41) is 9.12. The van der Waals surface area contributed by atoms with Crippen LogP contribution in [0.25, 0.3) is 0 Å². The molecule has 0 spiro atoms. The Labute approximate surface area is 71.7 Å². The SMILES string of the molecule is O=C(O)[C@@]12CCCC[C@H]1OCC2. The molecule has 0 unspecified atom stereocenters. The fourth-order valence-corrected chi connectivity index (χ4v) is 2.47. The molecule has 0 aromatic rings. The number of fused-ring (bicyclic) bond motifs is 1. The van der Waals surface area contributed by atoms with Crippen molar-refractivity contribution in [2.24, 2.45) is 5.41 Å². The Morgan fingerprint density at radius 2 is 2.25 bits per heavy atom. The molecule has 2 fully saturated rings. The molecule has 12 heavy (non-hydrogen) atoms. The number of hydrogen-bond donors (Lipinski definition) is 1. The number of ether oxygens (including phenoxy) is 1. The van der Waals surface area contributed by atoms with Crippen molar-refractivity contribution >= 4 is 5.97 Å². The van der Waals surface area contributed by atoms with Gasteiger partial charge in [0.05, 0.1) is 11.5 Å². The molecule has 1 N–H and O–H groups in total. The van der Waals surface area contributed by atoms with Gasteiger partial charge in [0.25, 0.3) is 0 Å². The van der Waals surface area contributed by atoms with Crippen molar-refractivity contribution in [2.45, 2.75) is 38.2 Å². The van der Waals surface area contributed by atoms with Gasteiger partial charge in [-0.25, -0.2) is 0 Å². The van der Waals surface area contributed by atoms with Gasteiger partial charge in [0.1, 0.15) is 0 Å². The largest absolute Gasteiger partial charge is 0.481 e. The molecule has 3 nitrogen and oxygen atoms in total. The molecule has 0 bridgehead atoms. The Hall–Kier alpha value is -0.570. The van der Waals surface area contributed by atoms with Crippen LogP contribution in [-0.2, 0) is 9.53 Å². The fraction of sp³-hybridized carbons (Fsp3) is 0.889. The maximum absolute atomic E-state index is 11.1. The Bertz CT molecular complexity index is 202. The first kappa shape index (κ1) is 8.05. The fourth-order valence-electron chi connectivity index (χ4n) is 2.47. The lowest BCUT2D eigenvalue weighted by Crippen LogP contribution is -2.41. The molecule has 1 aliphatic carbocycles. The number of aliphatic carboxylic acids is 1. The third kappa shape index (κ3) is 0.959. The lowest BCUT2D eigenvalue weighted by atomic mass is 9.71. The number of carboxylic acids is 1. The molecule has 2 atom stereocenters. The van der Waals surface area contributed by atoms with Gasteiger partial charge >= 0.3 is 5.97 Å². The summed E-state index contributed by atoms with van der Waals surface area (Å²) in [6.07, 6.45) is 4.64. The third-order valence-electron chi connectivity index (χ3n) is 3.25. The Morgan fingerprint density at radius 3 is 2.92 bits per heavy atom. The van der Waals surface area contributed by atoms with Gasteiger partial charge in [0.15, 0.2) is 0 Å². The topological polar surface area (TPSA) is 46.5 Å². The predicted octanol–water partition coefficient (Wildman–Crippen LogP) is 1.42. The van der Waals surface area contributed by atoms with E-state index in [1.54, 1.807) is 0 Å². The van der Waals surface area contributed by atoms with E-state index in [2.05, 4.69) is 0 Å². The van der Waals surface area contributed by atoms with E-state index >= 15 is 0 Å². The highest BCUT2D eigenvalue weighted by Crippen LogP contribution is 2.45. The first-order chi connectivity index (χ1) is 5.76. The molecule has 2 rings (SSSR count). The van der Waals surface area contributed by atoms with Gasteiger partial charge in [0.2, 0.25) is 0 Å². The smallest absolute Gasteiger partial charge is 0.312 e. The number of hydrogen-bond acceptors (Lipinski definition) is 2. The standard InChI is InChI=1S/C9H14O3/c10-8(11)9-4-2-1-3-7(9)12-6-5-9/h7H,1-6H2,(H,10,11)/t7-,9-/m1/s1. The molecule has 3 heteroatoms. The Balaban J connectivity index is 2.23. The van der Waals surface area contributed by atoms with Crippen LogP contribution in [0.15, 0.2) is 0 Å². The van der Waals surface area contributed by atoms with Crippen molar-refractivity contribution in [3.05, 3.63) is 0 Å². The van der Waals surface area contributed by atoms with Crippen LogP contribution in [0.4, 0.5) is 0 Å². The van der Waals surface area contributed by atoms with Crippen LogP contribution in [0, 0.1) is 5.41 Å². The van der Waals surface area contributed by atoms with Crippen molar-refractivity contribution in [3.63, 3.8) is 0 Å². The molecule has 1 saturated heterocycles. The van der Waals surface area contributed by atoms with Gasteiger partial charge in [-0.05, 0) is 19.3 Å². The third-order valence-corrected chi connectivity index (χ3v) is 3.25. The van der Waals surface area contributed by atoms with Crippen molar-refractivity contribution in [1.82, 2.24) is 0 Å². The minimum atomic E-state index is -0.648. The summed E-state index contributed by atoms with van der Waals surface area (Å²) in [6.45, 7) is 0.636. The summed E-state index contributed by atoms with van der Waals surface area (Å²) in [4.78, 5) is 11.1. The summed E-state index contributed by atoms with van der Waals surface area (Å²) in [5.74, 6) is -0.648. The van der Waals surface area contributed by atoms with Crippen molar-refractivity contribution in [1.29, 1.82) is 0 Å². The van der Waals surface area contributed by atoms with E-state index in [-0.39, 0.29) is 6.10 Å². The van der Waals surface area contributed by atoms with Crippen LogP contribution < -0.4 is 0 Å². The van der Waals surface area contributed by atoms with Gasteiger partial charge < -0.3 is 9.84 Å². The molecule has 0 amide bonds. The first-order valence-electron chi connectivity index (χ1n) is 4.61. The van der Waals surface area contributed by atoms with Gasteiger partial charge in [0, 0.05) is 6.61 Å². The molecular weight excluding hydrogens is 156 g/mol. The Kier molecular flexibility index (Phi) is 1.83. The van der Waals surface area contributed by atoms with Crippen molar-refractivity contribution < 1.29 is 14.6 Å². The molecule has 0 radical (unpaired) electrons. The normalized spacial score (nSPS) is 40.8. The first-order valence-corrected chi connectivity index (χ1v) is 4.61. The lowest BCUT2D eigenvalue weighted by molar-refractivity contribution is -0.155. The second-order valence-corrected chi connectivity index (χ2v) is 3.82. The molecule has 0 aromatic heterocycles. The maximum Gasteiger partial charge on any atom is 0.312 e. The van der Waals surface area contributed by atoms with Gasteiger partial charge in [-0.15, -0.1) is 0 Å². The minimum Gasteiger partial charge on any atom is -0.481 e. The molecule has 68 valence electrons. The van der Waals surface area contributed by atoms with Crippen LogP contribution in [-0.4, -0.2) is 23.8 Å². The van der Waals surface area contributed by atoms with E-state index in [0.29, 0.717) is 13.0 Å². The van der Waals surface area contributed by atoms with E-state index in [4.69, 9.17) is 9.84 Å². The molecule has 1 heterocycles. The number of carboxylic acid groups (broad SMARTS) is 1. The van der Waals surface area contributed by atoms with E-state index in [1.807, 2.05) is 0 Å². The quantitative estimate of drug-likeness (QED) is 0.647. The highest BCUT2D eigenvalue weighted by atomic mass is 16.5. The van der Waals surface area contributed by atoms with Crippen LogP contribution in [0.3, 0.4) is 0 Å². The van der Waals surface area contributed by atoms with Gasteiger partial charge in [-0.2, -0.15) is 0 Å². The lowest BCUT2D eigenvalue weighted by Gasteiger charge is -2.33. The van der Waals surface area contributed by atoms with E-state index < -0.39 is 11.4 Å². The molecule has 1 aliphatic heterocycles. The number of rotatable bonds is 1. The van der Waals surface area contributed by atoms with Crippen LogP contribution >= 0.6 is 0 Å². The summed E-state index contributed by atoms with van der Waals surface area (Å²) in [5.41, 5.74) is -0.516. The van der Waals surface area contributed by atoms with E-state index in [0.717, 1.165) is 25.7 Å². The molecule has 0 aromatic carbocycles. The highest BCUT2D eigenvalue weighted by molar-refractivity contribution is 5.76.